The molecule has 3 aromatic rings. The van der Waals surface area contributed by atoms with E-state index in [0.717, 1.165) is 11.3 Å². The fraction of sp³-hybridized carbons (Fsp3) is 0.133. The van der Waals surface area contributed by atoms with Crippen LogP contribution in [0.1, 0.15) is 11.3 Å². The van der Waals surface area contributed by atoms with Gasteiger partial charge in [0.2, 0.25) is 5.95 Å². The molecular formula is C15H14ClN5O. The van der Waals surface area contributed by atoms with Crippen molar-refractivity contribution in [1.29, 1.82) is 0 Å². The van der Waals surface area contributed by atoms with Crippen LogP contribution in [0.25, 0.3) is 0 Å². The summed E-state index contributed by atoms with van der Waals surface area (Å²) in [6, 6.07) is 11.3. The van der Waals surface area contributed by atoms with Crippen LogP contribution in [0.3, 0.4) is 0 Å². The van der Waals surface area contributed by atoms with E-state index in [1.807, 2.05) is 36.4 Å². The van der Waals surface area contributed by atoms with E-state index in [-0.39, 0.29) is 0 Å². The highest BCUT2D eigenvalue weighted by atomic mass is 35.5. The summed E-state index contributed by atoms with van der Waals surface area (Å²) in [5, 5.41) is 14.8. The maximum Gasteiger partial charge on any atom is 0.244 e. The van der Waals surface area contributed by atoms with Crippen molar-refractivity contribution in [1.82, 2.24) is 15.2 Å². The number of rotatable bonds is 6. The van der Waals surface area contributed by atoms with E-state index in [9.17, 15) is 0 Å². The number of hydrogen-bond acceptors (Lipinski definition) is 6. The predicted octanol–water partition coefficient (Wildman–Crippen LogP) is 3.34. The molecule has 0 aliphatic rings. The van der Waals surface area contributed by atoms with Crippen LogP contribution in [0.2, 0.25) is 5.02 Å². The maximum atomic E-state index is 5.86. The Balaban J connectivity index is 1.57. The van der Waals surface area contributed by atoms with Gasteiger partial charge in [0.25, 0.3) is 0 Å². The molecule has 22 heavy (non-hydrogen) atoms. The Bertz CT molecular complexity index is 715. The van der Waals surface area contributed by atoms with E-state index in [2.05, 4.69) is 25.8 Å². The van der Waals surface area contributed by atoms with Gasteiger partial charge in [-0.05, 0) is 29.8 Å². The second-order valence-electron chi connectivity index (χ2n) is 4.58. The van der Waals surface area contributed by atoms with Crippen LogP contribution >= 0.6 is 11.6 Å². The van der Waals surface area contributed by atoms with Crippen molar-refractivity contribution >= 4 is 23.4 Å². The minimum Gasteiger partial charge on any atom is -0.467 e. The highest BCUT2D eigenvalue weighted by Gasteiger charge is 2.02. The van der Waals surface area contributed by atoms with Crippen LogP contribution in [0.5, 0.6) is 0 Å². The molecule has 0 radical (unpaired) electrons. The first-order valence-electron chi connectivity index (χ1n) is 6.74. The molecule has 0 atom stereocenters. The summed E-state index contributed by atoms with van der Waals surface area (Å²) < 4.78 is 5.25. The average molecular weight is 316 g/mol. The van der Waals surface area contributed by atoms with Gasteiger partial charge in [0.1, 0.15) is 5.76 Å². The standard InChI is InChI=1S/C15H14ClN5O/c16-12-5-3-11(4-6-12)8-18-15-20-14(10-19-21-15)17-9-13-2-1-7-22-13/h1-7,10H,8-9H2,(H2,17,18,20,21). The zero-order valence-corrected chi connectivity index (χ0v) is 12.4. The van der Waals surface area contributed by atoms with Crippen LogP contribution in [-0.2, 0) is 13.1 Å². The third-order valence-electron chi connectivity index (χ3n) is 2.95. The van der Waals surface area contributed by atoms with E-state index >= 15 is 0 Å². The Morgan fingerprint density at radius 1 is 1.05 bits per heavy atom. The Morgan fingerprint density at radius 2 is 1.91 bits per heavy atom. The summed E-state index contributed by atoms with van der Waals surface area (Å²) in [4.78, 5) is 4.34. The van der Waals surface area contributed by atoms with Crippen molar-refractivity contribution in [2.75, 3.05) is 10.6 Å². The molecule has 0 saturated carbocycles. The molecule has 6 nitrogen and oxygen atoms in total. The van der Waals surface area contributed by atoms with Gasteiger partial charge in [-0.2, -0.15) is 10.1 Å². The van der Waals surface area contributed by atoms with Gasteiger partial charge in [0.15, 0.2) is 5.82 Å². The van der Waals surface area contributed by atoms with E-state index in [1.54, 1.807) is 12.5 Å². The third kappa shape index (κ3) is 3.95. The van der Waals surface area contributed by atoms with Crippen molar-refractivity contribution in [3.63, 3.8) is 0 Å². The molecule has 2 N–H and O–H groups in total. The molecular weight excluding hydrogens is 302 g/mol. The lowest BCUT2D eigenvalue weighted by atomic mass is 10.2. The molecule has 0 spiro atoms. The summed E-state index contributed by atoms with van der Waals surface area (Å²) >= 11 is 5.86. The fourth-order valence-electron chi connectivity index (χ4n) is 1.84. The smallest absolute Gasteiger partial charge is 0.244 e. The lowest BCUT2D eigenvalue weighted by molar-refractivity contribution is 0.517. The number of nitrogens with one attached hydrogen (secondary N) is 2. The lowest BCUT2D eigenvalue weighted by Gasteiger charge is -2.07. The average Bonchev–Trinajstić information content (AvgIpc) is 3.06. The second kappa shape index (κ2) is 6.91. The number of halogens is 1. The van der Waals surface area contributed by atoms with Crippen LogP contribution in [0.15, 0.2) is 53.3 Å². The number of furan rings is 1. The summed E-state index contributed by atoms with van der Waals surface area (Å²) in [5.41, 5.74) is 1.09. The van der Waals surface area contributed by atoms with Gasteiger partial charge in [-0.3, -0.25) is 0 Å². The molecule has 0 amide bonds. The topological polar surface area (TPSA) is 75.9 Å². The maximum absolute atomic E-state index is 5.86. The zero-order chi connectivity index (χ0) is 15.2. The Hall–Kier alpha value is -2.60. The van der Waals surface area contributed by atoms with Crippen molar-refractivity contribution < 1.29 is 4.42 Å². The van der Waals surface area contributed by atoms with Crippen LogP contribution in [-0.4, -0.2) is 15.2 Å². The summed E-state index contributed by atoms with van der Waals surface area (Å²) in [7, 11) is 0. The van der Waals surface area contributed by atoms with Crippen LogP contribution in [0.4, 0.5) is 11.8 Å². The number of benzene rings is 1. The minimum atomic E-state index is 0.458. The van der Waals surface area contributed by atoms with E-state index in [0.29, 0.717) is 29.9 Å². The van der Waals surface area contributed by atoms with Gasteiger partial charge in [-0.15, -0.1) is 5.10 Å². The largest absolute Gasteiger partial charge is 0.467 e. The molecule has 0 aliphatic carbocycles. The van der Waals surface area contributed by atoms with Crippen molar-refractivity contribution in [3.05, 3.63) is 65.2 Å². The van der Waals surface area contributed by atoms with Crippen LogP contribution < -0.4 is 10.6 Å². The van der Waals surface area contributed by atoms with Crippen molar-refractivity contribution in [2.24, 2.45) is 0 Å². The van der Waals surface area contributed by atoms with Crippen LogP contribution in [0, 0.1) is 0 Å². The SMILES string of the molecule is Clc1ccc(CNc2nncc(NCc3ccco3)n2)cc1. The monoisotopic (exact) mass is 315 g/mol. The Morgan fingerprint density at radius 3 is 2.68 bits per heavy atom. The molecule has 0 aliphatic heterocycles. The Labute approximate surface area is 132 Å². The quantitative estimate of drug-likeness (QED) is 0.726. The fourth-order valence-corrected chi connectivity index (χ4v) is 1.96. The highest BCUT2D eigenvalue weighted by molar-refractivity contribution is 6.30. The lowest BCUT2D eigenvalue weighted by Crippen LogP contribution is -2.07. The predicted molar refractivity (Wildman–Crippen MR) is 84.6 cm³/mol. The van der Waals surface area contributed by atoms with Gasteiger partial charge < -0.3 is 15.1 Å². The number of anilines is 2. The van der Waals surface area contributed by atoms with Gasteiger partial charge in [-0.1, -0.05) is 23.7 Å². The molecule has 2 heterocycles. The summed E-state index contributed by atoms with van der Waals surface area (Å²) in [6.07, 6.45) is 3.20. The number of hydrogen-bond donors (Lipinski definition) is 2. The van der Waals surface area contributed by atoms with Gasteiger partial charge in [0.05, 0.1) is 19.0 Å². The van der Waals surface area contributed by atoms with E-state index in [4.69, 9.17) is 16.0 Å². The highest BCUT2D eigenvalue weighted by Crippen LogP contribution is 2.11. The number of aromatic nitrogens is 3. The number of nitrogens with zero attached hydrogens (tertiary/aromatic N) is 3. The molecule has 2 aromatic heterocycles. The van der Waals surface area contributed by atoms with Crippen molar-refractivity contribution in [3.8, 4) is 0 Å². The van der Waals surface area contributed by atoms with Crippen molar-refractivity contribution in [2.45, 2.75) is 13.1 Å². The van der Waals surface area contributed by atoms with Gasteiger partial charge in [-0.25, -0.2) is 0 Å². The molecule has 0 fully saturated rings. The molecule has 0 bridgehead atoms. The molecule has 112 valence electrons. The summed E-state index contributed by atoms with van der Waals surface area (Å²) in [6.45, 7) is 1.14. The zero-order valence-electron chi connectivity index (χ0n) is 11.7. The van der Waals surface area contributed by atoms with E-state index < -0.39 is 0 Å². The third-order valence-corrected chi connectivity index (χ3v) is 3.20. The molecule has 7 heteroatoms. The first-order chi connectivity index (χ1) is 10.8. The van der Waals surface area contributed by atoms with Gasteiger partial charge in [0, 0.05) is 11.6 Å². The molecule has 0 saturated heterocycles. The molecule has 0 unspecified atom stereocenters. The molecule has 3 rings (SSSR count). The normalized spacial score (nSPS) is 10.4. The molecule has 1 aromatic carbocycles. The minimum absolute atomic E-state index is 0.458. The Kier molecular flexibility index (Phi) is 4.50. The van der Waals surface area contributed by atoms with E-state index in [1.165, 1.54) is 0 Å². The first kappa shape index (κ1) is 14.3. The van der Waals surface area contributed by atoms with Gasteiger partial charge >= 0.3 is 0 Å². The first-order valence-corrected chi connectivity index (χ1v) is 7.12. The summed E-state index contributed by atoms with van der Waals surface area (Å²) in [5.74, 6) is 1.92. The second-order valence-corrected chi connectivity index (χ2v) is 5.01.